The monoisotopic (exact) mass is 403 g/mol. The van der Waals surface area contributed by atoms with Gasteiger partial charge in [0, 0.05) is 32.2 Å². The zero-order valence-electron chi connectivity index (χ0n) is 16.9. The maximum Gasteiger partial charge on any atom is 0.236 e. The van der Waals surface area contributed by atoms with Gasteiger partial charge in [0.1, 0.15) is 5.82 Å². The molecule has 1 saturated carbocycles. The Kier molecular flexibility index (Phi) is 6.15. The van der Waals surface area contributed by atoms with E-state index in [9.17, 15) is 14.0 Å². The van der Waals surface area contributed by atoms with Crippen LogP contribution in [0, 0.1) is 11.2 Å². The van der Waals surface area contributed by atoms with E-state index in [-0.39, 0.29) is 23.7 Å². The van der Waals surface area contributed by atoms with Gasteiger partial charge in [0.25, 0.3) is 0 Å². The molecule has 4 rings (SSSR count). The molecule has 6 nitrogen and oxygen atoms in total. The van der Waals surface area contributed by atoms with E-state index >= 15 is 0 Å². The van der Waals surface area contributed by atoms with Crippen LogP contribution in [0.25, 0.3) is 0 Å². The lowest BCUT2D eigenvalue weighted by molar-refractivity contribution is -0.155. The highest BCUT2D eigenvalue weighted by molar-refractivity contribution is 5.88. The second kappa shape index (κ2) is 8.79. The number of amides is 2. The van der Waals surface area contributed by atoms with Crippen LogP contribution in [0.1, 0.15) is 31.2 Å². The summed E-state index contributed by atoms with van der Waals surface area (Å²) >= 11 is 0. The third-order valence-electron chi connectivity index (χ3n) is 6.46. The Labute approximate surface area is 171 Å². The van der Waals surface area contributed by atoms with E-state index in [0.717, 1.165) is 38.8 Å². The zero-order chi connectivity index (χ0) is 20.3. The molecule has 2 heterocycles. The fraction of sp³-hybridized carbons (Fsp3) is 0.636. The van der Waals surface area contributed by atoms with Gasteiger partial charge < -0.3 is 15.0 Å². The Hall–Kier alpha value is -1.99. The predicted octanol–water partition coefficient (Wildman–Crippen LogP) is 1.59. The van der Waals surface area contributed by atoms with Gasteiger partial charge in [-0.2, -0.15) is 0 Å². The number of benzene rings is 1. The average molecular weight is 403 g/mol. The third kappa shape index (κ3) is 4.61. The smallest absolute Gasteiger partial charge is 0.236 e. The first kappa shape index (κ1) is 20.3. The lowest BCUT2D eigenvalue weighted by Crippen LogP contribution is -2.67. The van der Waals surface area contributed by atoms with E-state index in [1.54, 1.807) is 23.1 Å². The number of carbonyl (C=O) groups excluding carboxylic acids is 2. The van der Waals surface area contributed by atoms with Crippen LogP contribution >= 0.6 is 0 Å². The number of carbonyl (C=O) groups is 2. The molecule has 3 fully saturated rings. The maximum atomic E-state index is 14.3. The van der Waals surface area contributed by atoms with E-state index in [1.807, 2.05) is 0 Å². The molecule has 0 aromatic heterocycles. The van der Waals surface area contributed by atoms with E-state index < -0.39 is 5.41 Å². The molecular formula is C22H30FN3O3. The van der Waals surface area contributed by atoms with E-state index in [0.29, 0.717) is 44.8 Å². The van der Waals surface area contributed by atoms with Gasteiger partial charge in [-0.1, -0.05) is 31.0 Å². The number of hydrogen-bond donors (Lipinski definition) is 1. The first-order valence-corrected chi connectivity index (χ1v) is 10.7. The maximum absolute atomic E-state index is 14.3. The van der Waals surface area contributed by atoms with Gasteiger partial charge in [-0.25, -0.2) is 4.39 Å². The summed E-state index contributed by atoms with van der Waals surface area (Å²) in [4.78, 5) is 29.7. The second-order valence-corrected chi connectivity index (χ2v) is 8.64. The Balaban J connectivity index is 1.43. The van der Waals surface area contributed by atoms with Gasteiger partial charge in [-0.3, -0.25) is 14.5 Å². The number of ether oxygens (including phenoxy) is 1. The number of rotatable bonds is 6. The highest BCUT2D eigenvalue weighted by Gasteiger charge is 2.51. The Bertz CT molecular complexity index is 739. The van der Waals surface area contributed by atoms with Gasteiger partial charge in [0.05, 0.1) is 25.2 Å². The first-order chi connectivity index (χ1) is 14.1. The normalized spacial score (nSPS) is 22.3. The Morgan fingerprint density at radius 2 is 1.83 bits per heavy atom. The molecule has 0 atom stereocenters. The summed E-state index contributed by atoms with van der Waals surface area (Å²) in [6.07, 6.45) is 4.59. The van der Waals surface area contributed by atoms with Crippen molar-refractivity contribution in [3.63, 3.8) is 0 Å². The van der Waals surface area contributed by atoms with Crippen LogP contribution in [0.5, 0.6) is 0 Å². The van der Waals surface area contributed by atoms with Gasteiger partial charge in [0.15, 0.2) is 0 Å². The van der Waals surface area contributed by atoms with E-state index in [4.69, 9.17) is 4.74 Å². The summed E-state index contributed by atoms with van der Waals surface area (Å²) in [6, 6.07) is 6.82. The number of morpholine rings is 1. The quantitative estimate of drug-likeness (QED) is 0.784. The molecular weight excluding hydrogens is 373 g/mol. The lowest BCUT2D eigenvalue weighted by atomic mass is 9.73. The molecule has 3 aliphatic rings. The molecule has 158 valence electrons. The van der Waals surface area contributed by atoms with Crippen LogP contribution < -0.4 is 5.32 Å². The van der Waals surface area contributed by atoms with Crippen molar-refractivity contribution in [3.05, 3.63) is 35.6 Å². The minimum absolute atomic E-state index is 0.0322. The molecule has 2 amide bonds. The molecule has 7 heteroatoms. The number of halogens is 1. The van der Waals surface area contributed by atoms with E-state index in [1.165, 1.54) is 6.07 Å². The number of nitrogens with one attached hydrogen (secondary N) is 1. The minimum atomic E-state index is -0.745. The molecule has 1 aromatic carbocycles. The van der Waals surface area contributed by atoms with Crippen molar-refractivity contribution < 1.29 is 18.7 Å². The summed E-state index contributed by atoms with van der Waals surface area (Å²) in [7, 11) is 0. The molecule has 2 saturated heterocycles. The van der Waals surface area contributed by atoms with Crippen LogP contribution in [-0.4, -0.2) is 73.6 Å². The van der Waals surface area contributed by atoms with Gasteiger partial charge in [-0.05, 0) is 30.9 Å². The zero-order valence-corrected chi connectivity index (χ0v) is 16.9. The summed E-state index contributed by atoms with van der Waals surface area (Å²) in [5.41, 5.74) is -0.208. The van der Waals surface area contributed by atoms with Crippen molar-refractivity contribution in [1.29, 1.82) is 0 Å². The summed E-state index contributed by atoms with van der Waals surface area (Å²) < 4.78 is 19.6. The van der Waals surface area contributed by atoms with Crippen molar-refractivity contribution >= 4 is 11.8 Å². The van der Waals surface area contributed by atoms with Crippen LogP contribution in [0.3, 0.4) is 0 Å². The van der Waals surface area contributed by atoms with Crippen LogP contribution in [-0.2, 0) is 20.7 Å². The van der Waals surface area contributed by atoms with Crippen molar-refractivity contribution in [2.24, 2.45) is 5.41 Å². The lowest BCUT2D eigenvalue weighted by Gasteiger charge is -2.49. The van der Waals surface area contributed by atoms with Crippen molar-refractivity contribution in [1.82, 2.24) is 15.1 Å². The SMILES string of the molecule is O=C(CN1CCOCC1)N1CC(Cc2ccccc2F)(C(=O)NC2CCCC2)C1. The Morgan fingerprint density at radius 1 is 1.14 bits per heavy atom. The van der Waals surface area contributed by atoms with Gasteiger partial charge in [0.2, 0.25) is 11.8 Å². The summed E-state index contributed by atoms with van der Waals surface area (Å²) in [5.74, 6) is -0.300. The van der Waals surface area contributed by atoms with Crippen LogP contribution in [0.4, 0.5) is 4.39 Å². The minimum Gasteiger partial charge on any atom is -0.379 e. The number of hydrogen-bond acceptors (Lipinski definition) is 4. The van der Waals surface area contributed by atoms with Crippen LogP contribution in [0.2, 0.25) is 0 Å². The third-order valence-corrected chi connectivity index (χ3v) is 6.46. The number of nitrogens with zero attached hydrogens (tertiary/aromatic N) is 2. The molecule has 0 unspecified atom stereocenters. The molecule has 1 N–H and O–H groups in total. The molecule has 29 heavy (non-hydrogen) atoms. The second-order valence-electron chi connectivity index (χ2n) is 8.64. The largest absolute Gasteiger partial charge is 0.379 e. The fourth-order valence-corrected chi connectivity index (χ4v) is 4.66. The summed E-state index contributed by atoms with van der Waals surface area (Å²) in [5, 5.41) is 3.18. The molecule has 2 aliphatic heterocycles. The van der Waals surface area contributed by atoms with Crippen LogP contribution in [0.15, 0.2) is 24.3 Å². The Morgan fingerprint density at radius 3 is 2.52 bits per heavy atom. The molecule has 1 aliphatic carbocycles. The van der Waals surface area contributed by atoms with Crippen molar-refractivity contribution in [3.8, 4) is 0 Å². The number of likely N-dealkylation sites (tertiary alicyclic amines) is 1. The highest BCUT2D eigenvalue weighted by Crippen LogP contribution is 2.36. The highest BCUT2D eigenvalue weighted by atomic mass is 19.1. The molecule has 0 radical (unpaired) electrons. The molecule has 0 bridgehead atoms. The van der Waals surface area contributed by atoms with Crippen molar-refractivity contribution in [2.45, 2.75) is 38.1 Å². The first-order valence-electron chi connectivity index (χ1n) is 10.7. The fourth-order valence-electron chi connectivity index (χ4n) is 4.66. The van der Waals surface area contributed by atoms with E-state index in [2.05, 4.69) is 10.2 Å². The topological polar surface area (TPSA) is 61.9 Å². The molecule has 0 spiro atoms. The molecule has 1 aromatic rings. The average Bonchev–Trinajstić information content (AvgIpc) is 3.19. The standard InChI is InChI=1S/C22H30FN3O3/c23-19-8-4-1-5-17(19)13-22(21(28)24-18-6-2-3-7-18)15-26(16-22)20(27)14-25-9-11-29-12-10-25/h1,4-5,8,18H,2-3,6-7,9-16H2,(H,24,28). The van der Waals surface area contributed by atoms with Gasteiger partial charge >= 0.3 is 0 Å². The summed E-state index contributed by atoms with van der Waals surface area (Å²) in [6.45, 7) is 3.85. The van der Waals surface area contributed by atoms with Gasteiger partial charge in [-0.15, -0.1) is 0 Å². The van der Waals surface area contributed by atoms with Crippen molar-refractivity contribution in [2.75, 3.05) is 45.9 Å². The predicted molar refractivity (Wildman–Crippen MR) is 107 cm³/mol.